The summed E-state index contributed by atoms with van der Waals surface area (Å²) >= 11 is 0. The van der Waals surface area contributed by atoms with E-state index in [2.05, 4.69) is 15.7 Å². The van der Waals surface area contributed by atoms with E-state index in [4.69, 9.17) is 14.5 Å². The third-order valence-electron chi connectivity index (χ3n) is 7.72. The van der Waals surface area contributed by atoms with Gasteiger partial charge in [0.15, 0.2) is 11.3 Å². The monoisotopic (exact) mass is 516 g/mol. The van der Waals surface area contributed by atoms with E-state index in [1.807, 2.05) is 48.7 Å². The van der Waals surface area contributed by atoms with Crippen molar-refractivity contribution in [3.05, 3.63) is 58.5 Å². The summed E-state index contributed by atoms with van der Waals surface area (Å²) in [5.41, 5.74) is 4.37. The Bertz CT molecular complexity index is 1510. The molecule has 0 spiro atoms. The van der Waals surface area contributed by atoms with Crippen molar-refractivity contribution in [2.24, 2.45) is 7.05 Å². The summed E-state index contributed by atoms with van der Waals surface area (Å²) in [6.45, 7) is 4.58. The van der Waals surface area contributed by atoms with Crippen LogP contribution in [0.15, 0.2) is 30.3 Å². The number of nitrogens with one attached hydrogen (secondary N) is 2. The van der Waals surface area contributed by atoms with E-state index in [0.717, 1.165) is 28.2 Å². The normalized spacial score (nSPS) is 22.5. The number of aromatic nitrogens is 3. The molecule has 38 heavy (non-hydrogen) atoms. The lowest BCUT2D eigenvalue weighted by Gasteiger charge is -2.37. The lowest BCUT2D eigenvalue weighted by Crippen LogP contribution is -2.64. The van der Waals surface area contributed by atoms with Gasteiger partial charge >= 0.3 is 6.03 Å². The van der Waals surface area contributed by atoms with Crippen LogP contribution in [-0.2, 0) is 24.8 Å². The van der Waals surface area contributed by atoms with E-state index in [-0.39, 0.29) is 18.9 Å². The Labute approximate surface area is 219 Å². The molecule has 11 heteroatoms. The molecule has 1 fully saturated rings. The van der Waals surface area contributed by atoms with Gasteiger partial charge in [0.25, 0.3) is 5.91 Å². The van der Waals surface area contributed by atoms with Crippen molar-refractivity contribution < 1.29 is 23.9 Å². The van der Waals surface area contributed by atoms with Gasteiger partial charge in [-0.3, -0.25) is 24.5 Å². The van der Waals surface area contributed by atoms with Crippen molar-refractivity contribution >= 4 is 17.7 Å². The molecule has 2 N–H and O–H groups in total. The summed E-state index contributed by atoms with van der Waals surface area (Å²) < 4.78 is 13.3. The van der Waals surface area contributed by atoms with Gasteiger partial charge in [-0.1, -0.05) is 6.07 Å². The lowest BCUT2D eigenvalue weighted by molar-refractivity contribution is -0.128. The molecule has 3 aliphatic heterocycles. The van der Waals surface area contributed by atoms with Crippen LogP contribution in [0.5, 0.6) is 11.5 Å². The number of ketones is 1. The van der Waals surface area contributed by atoms with Crippen molar-refractivity contribution in [2.75, 3.05) is 20.2 Å². The van der Waals surface area contributed by atoms with E-state index in [9.17, 15) is 14.4 Å². The highest BCUT2D eigenvalue weighted by molar-refractivity contribution is 6.08. The first-order valence-electron chi connectivity index (χ1n) is 12.4. The number of urea groups is 1. The van der Waals surface area contributed by atoms with Crippen LogP contribution in [0.3, 0.4) is 0 Å². The fourth-order valence-electron chi connectivity index (χ4n) is 5.75. The summed E-state index contributed by atoms with van der Waals surface area (Å²) in [7, 11) is 3.45. The molecule has 6 rings (SSSR count). The minimum Gasteiger partial charge on any atom is -0.497 e. The number of hydrogen-bond donors (Lipinski definition) is 2. The second-order valence-electron chi connectivity index (χ2n) is 10.1. The number of imide groups is 1. The zero-order valence-corrected chi connectivity index (χ0v) is 21.6. The number of amides is 3. The van der Waals surface area contributed by atoms with Gasteiger partial charge in [-0.15, -0.1) is 0 Å². The van der Waals surface area contributed by atoms with Crippen molar-refractivity contribution in [1.82, 2.24) is 30.3 Å². The molecule has 0 saturated carbocycles. The number of Topliss-reactive ketones (excluding diaryl/α,β-unsaturated/α-hetero) is 1. The van der Waals surface area contributed by atoms with Crippen LogP contribution in [0.1, 0.15) is 33.0 Å². The SMILES string of the molecule is COc1ccc2c(c1)C(=O)CN(CC1(C3Cc4nc(-c5c(C)nn(C)c5C)ccc4O3)NC(=O)NC1=O)C2. The maximum absolute atomic E-state index is 13.3. The molecular weight excluding hydrogens is 488 g/mol. The van der Waals surface area contributed by atoms with Gasteiger partial charge in [-0.25, -0.2) is 9.78 Å². The molecule has 1 aromatic carbocycles. The molecule has 11 nitrogen and oxygen atoms in total. The Morgan fingerprint density at radius 3 is 2.66 bits per heavy atom. The predicted octanol–water partition coefficient (Wildman–Crippen LogP) is 1.69. The standard InChI is InChI=1S/C27H28N6O5/c1-14-24(15(2)32(3)31-14)19-7-8-22-20(28-19)10-23(38-22)27(25(35)29-26(36)30-27)13-33-11-16-5-6-17(37-4)9-18(16)21(34)12-33/h5-9,23H,10-13H2,1-4H3,(H2,29,30,35,36). The zero-order chi connectivity index (χ0) is 26.8. The van der Waals surface area contributed by atoms with E-state index < -0.39 is 23.6 Å². The molecule has 3 aromatic rings. The van der Waals surface area contributed by atoms with Crippen LogP contribution in [0, 0.1) is 13.8 Å². The predicted molar refractivity (Wildman–Crippen MR) is 136 cm³/mol. The summed E-state index contributed by atoms with van der Waals surface area (Å²) in [5.74, 6) is 0.630. The molecule has 2 atom stereocenters. The van der Waals surface area contributed by atoms with Gasteiger partial charge in [-0.2, -0.15) is 5.10 Å². The summed E-state index contributed by atoms with van der Waals surface area (Å²) in [6, 6.07) is 8.54. The summed E-state index contributed by atoms with van der Waals surface area (Å²) in [4.78, 5) is 45.4. The highest BCUT2D eigenvalue weighted by Crippen LogP contribution is 2.37. The molecule has 196 valence electrons. The number of fused-ring (bicyclic) bond motifs is 2. The molecule has 3 amide bonds. The zero-order valence-electron chi connectivity index (χ0n) is 21.6. The number of pyridine rings is 1. The number of nitrogens with zero attached hydrogens (tertiary/aromatic N) is 4. The van der Waals surface area contributed by atoms with E-state index in [0.29, 0.717) is 35.7 Å². The van der Waals surface area contributed by atoms with Gasteiger partial charge < -0.3 is 14.8 Å². The highest BCUT2D eigenvalue weighted by Gasteiger charge is 2.56. The average Bonchev–Trinajstić information content (AvgIpc) is 3.51. The van der Waals surface area contributed by atoms with E-state index in [1.54, 1.807) is 19.2 Å². The Morgan fingerprint density at radius 1 is 1.16 bits per heavy atom. The fourth-order valence-corrected chi connectivity index (χ4v) is 5.75. The van der Waals surface area contributed by atoms with Crippen molar-refractivity contribution in [2.45, 2.75) is 38.5 Å². The van der Waals surface area contributed by atoms with Gasteiger partial charge in [0.1, 0.15) is 17.6 Å². The largest absolute Gasteiger partial charge is 0.497 e. The number of methoxy groups -OCH3 is 1. The number of hydrogen-bond acceptors (Lipinski definition) is 8. The first kappa shape index (κ1) is 24.1. The maximum atomic E-state index is 13.3. The topological polar surface area (TPSA) is 128 Å². The molecule has 2 unspecified atom stereocenters. The number of rotatable bonds is 5. The first-order valence-corrected chi connectivity index (χ1v) is 12.4. The van der Waals surface area contributed by atoms with Gasteiger partial charge in [0.05, 0.1) is 30.7 Å². The fraction of sp³-hybridized carbons (Fsp3) is 0.370. The van der Waals surface area contributed by atoms with Crippen LogP contribution in [-0.4, -0.2) is 69.2 Å². The quantitative estimate of drug-likeness (QED) is 0.491. The Kier molecular flexibility index (Phi) is 5.49. The van der Waals surface area contributed by atoms with Crippen LogP contribution in [0.25, 0.3) is 11.3 Å². The summed E-state index contributed by atoms with van der Waals surface area (Å²) in [6.07, 6.45) is -0.375. The highest BCUT2D eigenvalue weighted by atomic mass is 16.5. The third-order valence-corrected chi connectivity index (χ3v) is 7.72. The van der Waals surface area contributed by atoms with Crippen molar-refractivity contribution in [1.29, 1.82) is 0 Å². The molecule has 0 radical (unpaired) electrons. The second-order valence-corrected chi connectivity index (χ2v) is 10.1. The molecule has 2 aromatic heterocycles. The summed E-state index contributed by atoms with van der Waals surface area (Å²) in [5, 5.41) is 9.69. The van der Waals surface area contributed by atoms with Gasteiger partial charge in [0, 0.05) is 43.4 Å². The minimum absolute atomic E-state index is 0.0748. The van der Waals surface area contributed by atoms with Crippen LogP contribution >= 0.6 is 0 Å². The number of carbonyl (C=O) groups is 3. The van der Waals surface area contributed by atoms with Crippen LogP contribution in [0.2, 0.25) is 0 Å². The maximum Gasteiger partial charge on any atom is 0.322 e. The van der Waals surface area contributed by atoms with Crippen molar-refractivity contribution in [3.63, 3.8) is 0 Å². The Balaban J connectivity index is 1.29. The molecular formula is C27H28N6O5. The van der Waals surface area contributed by atoms with E-state index >= 15 is 0 Å². The molecule has 0 aliphatic carbocycles. The second kappa shape index (κ2) is 8.66. The number of carbonyl (C=O) groups excluding carboxylic acids is 3. The number of ether oxygens (including phenoxy) is 2. The molecule has 0 bridgehead atoms. The smallest absolute Gasteiger partial charge is 0.322 e. The third kappa shape index (κ3) is 3.73. The van der Waals surface area contributed by atoms with Gasteiger partial charge in [0.2, 0.25) is 0 Å². The average molecular weight is 517 g/mol. The van der Waals surface area contributed by atoms with Crippen molar-refractivity contribution in [3.8, 4) is 22.8 Å². The van der Waals surface area contributed by atoms with Crippen LogP contribution < -0.4 is 20.1 Å². The number of aryl methyl sites for hydroxylation is 2. The molecule has 1 saturated heterocycles. The molecule has 3 aliphatic rings. The first-order chi connectivity index (χ1) is 18.2. The van der Waals surface area contributed by atoms with Gasteiger partial charge in [-0.05, 0) is 43.7 Å². The molecule has 5 heterocycles. The lowest BCUT2D eigenvalue weighted by atomic mass is 9.88. The number of benzene rings is 1. The van der Waals surface area contributed by atoms with E-state index in [1.165, 1.54) is 0 Å². The Morgan fingerprint density at radius 2 is 1.97 bits per heavy atom. The van der Waals surface area contributed by atoms with Crippen LogP contribution in [0.4, 0.5) is 4.79 Å². The minimum atomic E-state index is -1.39. The Hall–Kier alpha value is -4.25.